The van der Waals surface area contributed by atoms with Crippen molar-refractivity contribution in [1.82, 2.24) is 4.98 Å². The highest BCUT2D eigenvalue weighted by atomic mass is 19.4. The van der Waals surface area contributed by atoms with Gasteiger partial charge in [0.15, 0.2) is 0 Å². The van der Waals surface area contributed by atoms with E-state index < -0.39 is 22.4 Å². The van der Waals surface area contributed by atoms with E-state index >= 15 is 0 Å². The summed E-state index contributed by atoms with van der Waals surface area (Å²) >= 11 is 0. The summed E-state index contributed by atoms with van der Waals surface area (Å²) in [6.07, 6.45) is -3.22. The first kappa shape index (κ1) is 16.5. The monoisotopic (exact) mass is 326 g/mol. The van der Waals surface area contributed by atoms with Crippen LogP contribution in [0.25, 0.3) is 0 Å². The number of nitrogens with one attached hydrogen (secondary N) is 2. The van der Waals surface area contributed by atoms with Gasteiger partial charge >= 0.3 is 6.18 Å². The quantitative estimate of drug-likeness (QED) is 0.506. The lowest BCUT2D eigenvalue weighted by Gasteiger charge is -2.08. The fraction of sp³-hybridized carbons (Fsp3) is 0.214. The van der Waals surface area contributed by atoms with Crippen LogP contribution >= 0.6 is 0 Å². The van der Waals surface area contributed by atoms with Gasteiger partial charge in [-0.3, -0.25) is 15.5 Å². The topological polar surface area (TPSA) is 83.3 Å². The maximum absolute atomic E-state index is 12.6. The molecule has 0 amide bonds. The molecule has 2 N–H and O–H groups in total. The number of aryl methyl sites for hydroxylation is 2. The number of hydrazone groups is 1. The van der Waals surface area contributed by atoms with E-state index in [9.17, 15) is 23.3 Å². The van der Waals surface area contributed by atoms with Crippen LogP contribution in [0.5, 0.6) is 0 Å². The van der Waals surface area contributed by atoms with Crippen LogP contribution in [-0.2, 0) is 6.18 Å². The van der Waals surface area contributed by atoms with Crippen molar-refractivity contribution in [3.63, 3.8) is 0 Å². The molecule has 0 aliphatic rings. The summed E-state index contributed by atoms with van der Waals surface area (Å²) in [5, 5.41) is 14.8. The van der Waals surface area contributed by atoms with Crippen molar-refractivity contribution in [3.05, 3.63) is 56.9 Å². The normalized spacial score (nSPS) is 11.9. The second-order valence-corrected chi connectivity index (χ2v) is 4.89. The molecule has 0 radical (unpaired) electrons. The molecular formula is C14H13F3N4O2. The average molecular weight is 326 g/mol. The van der Waals surface area contributed by atoms with Crippen LogP contribution in [0.3, 0.4) is 0 Å². The van der Waals surface area contributed by atoms with Crippen LogP contribution in [-0.4, -0.2) is 16.1 Å². The van der Waals surface area contributed by atoms with Crippen LogP contribution in [0, 0.1) is 24.0 Å². The molecule has 2 rings (SSSR count). The fourth-order valence-corrected chi connectivity index (χ4v) is 2.00. The summed E-state index contributed by atoms with van der Waals surface area (Å²) in [5.74, 6) is 0. The largest absolute Gasteiger partial charge is 0.416 e. The highest BCUT2D eigenvalue weighted by Crippen LogP contribution is 2.34. The Kier molecular flexibility index (Phi) is 4.39. The molecule has 0 saturated carbocycles. The van der Waals surface area contributed by atoms with Crippen molar-refractivity contribution in [2.24, 2.45) is 5.10 Å². The maximum atomic E-state index is 12.6. The Balaban J connectivity index is 2.26. The zero-order valence-corrected chi connectivity index (χ0v) is 12.2. The second kappa shape index (κ2) is 6.11. The van der Waals surface area contributed by atoms with E-state index in [-0.39, 0.29) is 5.69 Å². The van der Waals surface area contributed by atoms with Gasteiger partial charge in [-0.05, 0) is 32.0 Å². The lowest BCUT2D eigenvalue weighted by molar-refractivity contribution is -0.384. The number of nitrogens with zero attached hydrogens (tertiary/aromatic N) is 2. The van der Waals surface area contributed by atoms with E-state index in [0.29, 0.717) is 6.07 Å². The van der Waals surface area contributed by atoms with Crippen LogP contribution in [0.4, 0.5) is 24.5 Å². The highest BCUT2D eigenvalue weighted by Gasteiger charge is 2.33. The molecule has 1 aromatic heterocycles. The van der Waals surface area contributed by atoms with Crippen molar-refractivity contribution in [3.8, 4) is 0 Å². The molecule has 23 heavy (non-hydrogen) atoms. The van der Waals surface area contributed by atoms with E-state index in [1.165, 1.54) is 6.21 Å². The Morgan fingerprint density at radius 1 is 1.30 bits per heavy atom. The van der Waals surface area contributed by atoms with E-state index in [0.717, 1.165) is 29.1 Å². The molecule has 122 valence electrons. The minimum absolute atomic E-state index is 0.121. The third-order valence-corrected chi connectivity index (χ3v) is 3.10. The number of hydrogen-bond donors (Lipinski definition) is 2. The molecule has 1 aromatic carbocycles. The molecule has 1 heterocycles. The molecule has 0 aliphatic carbocycles. The van der Waals surface area contributed by atoms with Crippen LogP contribution in [0.15, 0.2) is 29.4 Å². The molecule has 0 saturated heterocycles. The molecule has 0 aliphatic heterocycles. The fourth-order valence-electron chi connectivity index (χ4n) is 2.00. The maximum Gasteiger partial charge on any atom is 0.416 e. The number of aromatic nitrogens is 1. The minimum Gasteiger partial charge on any atom is -0.362 e. The minimum atomic E-state index is -4.65. The van der Waals surface area contributed by atoms with Gasteiger partial charge in [-0.15, -0.1) is 0 Å². The van der Waals surface area contributed by atoms with Crippen LogP contribution < -0.4 is 5.43 Å². The van der Waals surface area contributed by atoms with E-state index in [1.54, 1.807) is 0 Å². The molecule has 0 fully saturated rings. The highest BCUT2D eigenvalue weighted by molar-refractivity contribution is 5.82. The summed E-state index contributed by atoms with van der Waals surface area (Å²) in [6, 6.07) is 4.04. The first-order valence-corrected chi connectivity index (χ1v) is 6.49. The van der Waals surface area contributed by atoms with Gasteiger partial charge in [-0.25, -0.2) is 0 Å². The lowest BCUT2D eigenvalue weighted by atomic mass is 10.1. The van der Waals surface area contributed by atoms with Gasteiger partial charge < -0.3 is 4.98 Å². The Morgan fingerprint density at radius 3 is 2.52 bits per heavy atom. The van der Waals surface area contributed by atoms with Gasteiger partial charge in [-0.2, -0.15) is 18.3 Å². The lowest BCUT2D eigenvalue weighted by Crippen LogP contribution is -2.06. The van der Waals surface area contributed by atoms with Gasteiger partial charge in [0.1, 0.15) is 5.69 Å². The number of rotatable bonds is 4. The Hall–Kier alpha value is -2.84. The zero-order chi connectivity index (χ0) is 17.2. The molecule has 2 aromatic rings. The predicted molar refractivity (Wildman–Crippen MR) is 79.6 cm³/mol. The average Bonchev–Trinajstić information content (AvgIpc) is 2.76. The summed E-state index contributed by atoms with van der Waals surface area (Å²) in [4.78, 5) is 13.1. The van der Waals surface area contributed by atoms with Crippen molar-refractivity contribution in [2.75, 3.05) is 5.43 Å². The SMILES string of the molecule is Cc1cc(C=NNc2ccc(C(F)(F)F)cc2[N+](=O)[O-])c(C)[nH]1. The number of nitro groups is 1. The summed E-state index contributed by atoms with van der Waals surface area (Å²) in [5.41, 5.74) is 3.05. The van der Waals surface area contributed by atoms with Gasteiger partial charge in [0.05, 0.1) is 16.7 Å². The van der Waals surface area contributed by atoms with Crippen molar-refractivity contribution in [1.29, 1.82) is 0 Å². The Morgan fingerprint density at radius 2 is 2.00 bits per heavy atom. The van der Waals surface area contributed by atoms with E-state index in [2.05, 4.69) is 15.5 Å². The molecule has 9 heteroatoms. The first-order valence-electron chi connectivity index (χ1n) is 6.49. The molecule has 0 bridgehead atoms. The summed E-state index contributed by atoms with van der Waals surface area (Å²) < 4.78 is 37.8. The van der Waals surface area contributed by atoms with Crippen molar-refractivity contribution >= 4 is 17.6 Å². The number of halogens is 3. The Labute approximate surface area is 129 Å². The van der Waals surface area contributed by atoms with Crippen molar-refractivity contribution < 1.29 is 18.1 Å². The molecule has 0 spiro atoms. The predicted octanol–water partition coefficient (Wildman–Crippen LogP) is 4.00. The molecule has 6 nitrogen and oxygen atoms in total. The smallest absolute Gasteiger partial charge is 0.362 e. The number of alkyl halides is 3. The standard InChI is InChI=1S/C14H13F3N4O2/c1-8-5-10(9(2)19-8)7-18-20-12-4-3-11(14(15,16)17)6-13(12)21(22)23/h3-7,19-20H,1-2H3. The van der Waals surface area contributed by atoms with Gasteiger partial charge in [-0.1, -0.05) is 0 Å². The Bertz CT molecular complexity index is 766. The second-order valence-electron chi connectivity index (χ2n) is 4.89. The van der Waals surface area contributed by atoms with Gasteiger partial charge in [0.25, 0.3) is 5.69 Å². The van der Waals surface area contributed by atoms with Crippen LogP contribution in [0.1, 0.15) is 22.5 Å². The number of hydrogen-bond acceptors (Lipinski definition) is 4. The summed E-state index contributed by atoms with van der Waals surface area (Å²) in [7, 11) is 0. The number of aromatic amines is 1. The zero-order valence-electron chi connectivity index (χ0n) is 12.2. The van der Waals surface area contributed by atoms with Crippen LogP contribution in [0.2, 0.25) is 0 Å². The number of anilines is 1. The molecule has 0 atom stereocenters. The number of H-pyrrole nitrogens is 1. The van der Waals surface area contributed by atoms with E-state index in [4.69, 9.17) is 0 Å². The molecular weight excluding hydrogens is 313 g/mol. The van der Waals surface area contributed by atoms with E-state index in [1.807, 2.05) is 19.9 Å². The van der Waals surface area contributed by atoms with Crippen molar-refractivity contribution in [2.45, 2.75) is 20.0 Å². The third-order valence-electron chi connectivity index (χ3n) is 3.10. The summed E-state index contributed by atoms with van der Waals surface area (Å²) in [6.45, 7) is 3.69. The molecule has 0 unspecified atom stereocenters. The van der Waals surface area contributed by atoms with Gasteiger partial charge in [0.2, 0.25) is 0 Å². The third kappa shape index (κ3) is 3.87. The van der Waals surface area contributed by atoms with Gasteiger partial charge in [0, 0.05) is 23.0 Å². The number of nitro benzene ring substituents is 1. The number of benzene rings is 1. The first-order chi connectivity index (χ1) is 10.7.